The van der Waals surface area contributed by atoms with Gasteiger partial charge in [-0.05, 0) is 13.0 Å². The van der Waals surface area contributed by atoms with Crippen molar-refractivity contribution in [1.29, 1.82) is 0 Å². The minimum absolute atomic E-state index is 0.103. The molecule has 25 heavy (non-hydrogen) atoms. The van der Waals surface area contributed by atoms with E-state index < -0.39 is 0 Å². The van der Waals surface area contributed by atoms with Crippen LogP contribution >= 0.6 is 0 Å². The van der Waals surface area contributed by atoms with Gasteiger partial charge in [0, 0.05) is 43.3 Å². The Labute approximate surface area is 145 Å². The zero-order chi connectivity index (χ0) is 17.3. The molecule has 8 nitrogen and oxygen atoms in total. The third-order valence-corrected chi connectivity index (χ3v) is 4.85. The van der Waals surface area contributed by atoms with Crippen molar-refractivity contribution in [3.63, 3.8) is 0 Å². The summed E-state index contributed by atoms with van der Waals surface area (Å²) in [5.74, 6) is 0.131. The van der Waals surface area contributed by atoms with Crippen molar-refractivity contribution < 1.29 is 14.3 Å². The highest BCUT2D eigenvalue weighted by molar-refractivity contribution is 5.92. The molecule has 130 valence electrons. The van der Waals surface area contributed by atoms with Gasteiger partial charge in [0.15, 0.2) is 0 Å². The van der Waals surface area contributed by atoms with Crippen LogP contribution < -0.4 is 4.74 Å². The Balaban J connectivity index is 1.48. The molecule has 0 unspecified atom stereocenters. The van der Waals surface area contributed by atoms with E-state index in [4.69, 9.17) is 9.47 Å². The number of likely N-dealkylation sites (tertiary alicyclic amines) is 1. The molecule has 2 aromatic heterocycles. The standard InChI is InChI=1S/C17H19N5O3/c1-12-2-3-20-16(21-12)25-11-17-9-22(7-13(17)8-24-10-17)15(23)14-6-18-4-5-19-14/h2-6,13H,7-11H2,1H3/t13-,17+/m1/s1. The number of aryl methyl sites for hydroxylation is 1. The SMILES string of the molecule is Cc1ccnc(OC[C@]23COC[C@H]2CN(C(=O)c2cnccn2)C3)n1. The average molecular weight is 341 g/mol. The van der Waals surface area contributed by atoms with E-state index in [1.807, 2.05) is 17.9 Å². The molecule has 2 atom stereocenters. The first kappa shape index (κ1) is 15.9. The molecule has 8 heteroatoms. The fourth-order valence-electron chi connectivity index (χ4n) is 3.47. The Morgan fingerprint density at radius 2 is 2.32 bits per heavy atom. The summed E-state index contributed by atoms with van der Waals surface area (Å²) in [6.07, 6.45) is 6.26. The second-order valence-corrected chi connectivity index (χ2v) is 6.62. The van der Waals surface area contributed by atoms with Gasteiger partial charge in [-0.2, -0.15) is 0 Å². The van der Waals surface area contributed by atoms with Crippen LogP contribution in [0.2, 0.25) is 0 Å². The molecule has 2 aliphatic rings. The lowest BCUT2D eigenvalue weighted by atomic mass is 9.82. The molecule has 2 aromatic rings. The van der Waals surface area contributed by atoms with Crippen LogP contribution in [-0.4, -0.2) is 63.7 Å². The minimum atomic E-state index is -0.231. The first-order valence-electron chi connectivity index (χ1n) is 8.22. The predicted molar refractivity (Wildman–Crippen MR) is 86.9 cm³/mol. The molecular formula is C17H19N5O3. The van der Waals surface area contributed by atoms with E-state index in [1.165, 1.54) is 12.4 Å². The van der Waals surface area contributed by atoms with Crippen LogP contribution in [0.3, 0.4) is 0 Å². The van der Waals surface area contributed by atoms with Crippen molar-refractivity contribution in [2.24, 2.45) is 11.3 Å². The zero-order valence-electron chi connectivity index (χ0n) is 14.0. The molecule has 0 radical (unpaired) electrons. The molecule has 2 saturated heterocycles. The molecule has 0 aliphatic carbocycles. The maximum atomic E-state index is 12.7. The van der Waals surface area contributed by atoms with Gasteiger partial charge in [-0.25, -0.2) is 15.0 Å². The molecule has 0 spiro atoms. The van der Waals surface area contributed by atoms with Gasteiger partial charge in [-0.1, -0.05) is 0 Å². The van der Waals surface area contributed by atoms with Crippen LogP contribution in [0.1, 0.15) is 16.2 Å². The quantitative estimate of drug-likeness (QED) is 0.810. The van der Waals surface area contributed by atoms with Crippen molar-refractivity contribution in [3.05, 3.63) is 42.2 Å². The van der Waals surface area contributed by atoms with Gasteiger partial charge >= 0.3 is 6.01 Å². The highest BCUT2D eigenvalue weighted by Gasteiger charge is 2.52. The number of hydrogen-bond donors (Lipinski definition) is 0. The van der Waals surface area contributed by atoms with E-state index >= 15 is 0 Å². The molecule has 0 aromatic carbocycles. The summed E-state index contributed by atoms with van der Waals surface area (Å²) < 4.78 is 11.5. The molecule has 4 rings (SSSR count). The van der Waals surface area contributed by atoms with Gasteiger partial charge in [0.25, 0.3) is 5.91 Å². The number of carbonyl (C=O) groups is 1. The molecule has 1 amide bonds. The van der Waals surface area contributed by atoms with Gasteiger partial charge < -0.3 is 14.4 Å². The van der Waals surface area contributed by atoms with Crippen LogP contribution in [0.15, 0.2) is 30.9 Å². The monoisotopic (exact) mass is 341 g/mol. The van der Waals surface area contributed by atoms with E-state index in [0.29, 0.717) is 44.6 Å². The van der Waals surface area contributed by atoms with Gasteiger partial charge in [0.1, 0.15) is 12.3 Å². The minimum Gasteiger partial charge on any atom is -0.463 e. The first-order valence-corrected chi connectivity index (χ1v) is 8.22. The normalized spacial score (nSPS) is 25.0. The van der Waals surface area contributed by atoms with Crippen molar-refractivity contribution in [1.82, 2.24) is 24.8 Å². The lowest BCUT2D eigenvalue weighted by molar-refractivity contribution is 0.0645. The third-order valence-electron chi connectivity index (χ3n) is 4.85. The highest BCUT2D eigenvalue weighted by atomic mass is 16.5. The summed E-state index contributed by atoms with van der Waals surface area (Å²) in [4.78, 5) is 31.0. The van der Waals surface area contributed by atoms with Crippen molar-refractivity contribution >= 4 is 5.91 Å². The number of carbonyl (C=O) groups excluding carboxylic acids is 1. The van der Waals surface area contributed by atoms with Crippen LogP contribution in [-0.2, 0) is 4.74 Å². The summed E-state index contributed by atoms with van der Waals surface area (Å²) in [7, 11) is 0. The van der Waals surface area contributed by atoms with Gasteiger partial charge in [0.05, 0.1) is 24.8 Å². The Hall–Kier alpha value is -2.61. The number of aromatic nitrogens is 4. The fourth-order valence-corrected chi connectivity index (χ4v) is 3.47. The largest absolute Gasteiger partial charge is 0.463 e. The van der Waals surface area contributed by atoms with Crippen molar-refractivity contribution in [2.75, 3.05) is 32.9 Å². The number of amides is 1. The predicted octanol–water partition coefficient (Wildman–Crippen LogP) is 0.743. The Morgan fingerprint density at radius 3 is 3.12 bits per heavy atom. The lowest BCUT2D eigenvalue weighted by Crippen LogP contribution is -2.38. The maximum Gasteiger partial charge on any atom is 0.316 e. The summed E-state index contributed by atoms with van der Waals surface area (Å²) in [6, 6.07) is 2.18. The maximum absolute atomic E-state index is 12.7. The molecule has 0 N–H and O–H groups in total. The highest BCUT2D eigenvalue weighted by Crippen LogP contribution is 2.41. The molecule has 4 heterocycles. The molecular weight excluding hydrogens is 322 g/mol. The Bertz CT molecular complexity index is 772. The Kier molecular flexibility index (Phi) is 4.04. The molecule has 2 aliphatic heterocycles. The number of fused-ring (bicyclic) bond motifs is 1. The van der Waals surface area contributed by atoms with Gasteiger partial charge in [-0.3, -0.25) is 9.78 Å². The molecule has 0 saturated carbocycles. The van der Waals surface area contributed by atoms with E-state index in [9.17, 15) is 4.79 Å². The van der Waals surface area contributed by atoms with Gasteiger partial charge in [-0.15, -0.1) is 0 Å². The zero-order valence-corrected chi connectivity index (χ0v) is 14.0. The van der Waals surface area contributed by atoms with Gasteiger partial charge in [0.2, 0.25) is 0 Å². The van der Waals surface area contributed by atoms with Crippen molar-refractivity contribution in [3.8, 4) is 6.01 Å². The number of nitrogens with zero attached hydrogens (tertiary/aromatic N) is 5. The summed E-state index contributed by atoms with van der Waals surface area (Å²) >= 11 is 0. The Morgan fingerprint density at radius 1 is 1.40 bits per heavy atom. The third kappa shape index (κ3) is 3.05. The van der Waals surface area contributed by atoms with Crippen LogP contribution in [0.5, 0.6) is 6.01 Å². The van der Waals surface area contributed by atoms with Crippen LogP contribution in [0.4, 0.5) is 0 Å². The summed E-state index contributed by atoms with van der Waals surface area (Å²) in [6.45, 7) is 4.71. The summed E-state index contributed by atoms with van der Waals surface area (Å²) in [5, 5.41) is 0. The van der Waals surface area contributed by atoms with E-state index in [2.05, 4.69) is 19.9 Å². The number of ether oxygens (including phenoxy) is 2. The van der Waals surface area contributed by atoms with Crippen LogP contribution in [0.25, 0.3) is 0 Å². The molecule has 2 fully saturated rings. The van der Waals surface area contributed by atoms with Crippen LogP contribution in [0, 0.1) is 18.3 Å². The first-order chi connectivity index (χ1) is 12.2. The van der Waals surface area contributed by atoms with E-state index in [1.54, 1.807) is 12.4 Å². The molecule has 0 bridgehead atoms. The number of rotatable bonds is 4. The average Bonchev–Trinajstić information content (AvgIpc) is 3.17. The topological polar surface area (TPSA) is 90.3 Å². The fraction of sp³-hybridized carbons (Fsp3) is 0.471. The van der Waals surface area contributed by atoms with E-state index in [0.717, 1.165) is 5.69 Å². The lowest BCUT2D eigenvalue weighted by Gasteiger charge is -2.26. The second-order valence-electron chi connectivity index (χ2n) is 6.62. The second kappa shape index (κ2) is 6.36. The smallest absolute Gasteiger partial charge is 0.316 e. The van der Waals surface area contributed by atoms with Crippen molar-refractivity contribution in [2.45, 2.75) is 6.92 Å². The number of hydrogen-bond acceptors (Lipinski definition) is 7. The summed E-state index contributed by atoms with van der Waals surface area (Å²) in [5.41, 5.74) is 0.986. The van der Waals surface area contributed by atoms with E-state index in [-0.39, 0.29) is 17.2 Å².